The van der Waals surface area contributed by atoms with Crippen LogP contribution < -0.4 is 16.4 Å². The van der Waals surface area contributed by atoms with Crippen LogP contribution >= 0.6 is 24.0 Å². The van der Waals surface area contributed by atoms with Crippen LogP contribution in [0.15, 0.2) is 41.4 Å². The number of guanidine groups is 1. The summed E-state index contributed by atoms with van der Waals surface area (Å²) in [6, 6.07) is 5.47. The minimum absolute atomic E-state index is 0. The Bertz CT molecular complexity index is 488. The van der Waals surface area contributed by atoms with Crippen molar-refractivity contribution in [1.29, 1.82) is 0 Å². The van der Waals surface area contributed by atoms with E-state index in [9.17, 15) is 9.18 Å². The van der Waals surface area contributed by atoms with Gasteiger partial charge in [-0.3, -0.25) is 4.79 Å². The van der Waals surface area contributed by atoms with Crippen molar-refractivity contribution in [3.05, 3.63) is 42.2 Å². The second-order valence-corrected chi connectivity index (χ2v) is 4.07. The number of hydrogen-bond acceptors (Lipinski definition) is 2. The van der Waals surface area contributed by atoms with Crippen molar-refractivity contribution in [3.63, 3.8) is 0 Å². The lowest BCUT2D eigenvalue weighted by atomic mass is 10.3. The molecule has 7 heteroatoms. The molecule has 20 heavy (non-hydrogen) atoms. The predicted octanol–water partition coefficient (Wildman–Crippen LogP) is 1.86. The molecule has 0 unspecified atom stereocenters. The van der Waals surface area contributed by atoms with Crippen molar-refractivity contribution in [3.8, 4) is 0 Å². The molecule has 1 amide bonds. The van der Waals surface area contributed by atoms with Crippen LogP contribution in [-0.4, -0.2) is 25.0 Å². The first-order chi connectivity index (χ1) is 8.97. The van der Waals surface area contributed by atoms with Gasteiger partial charge < -0.3 is 16.4 Å². The van der Waals surface area contributed by atoms with Crippen LogP contribution in [-0.2, 0) is 4.79 Å². The molecule has 4 N–H and O–H groups in total. The number of benzene rings is 1. The fraction of sp³-hybridized carbons (Fsp3) is 0.231. The highest BCUT2D eigenvalue weighted by Gasteiger charge is 2.01. The van der Waals surface area contributed by atoms with Crippen molar-refractivity contribution >= 4 is 41.5 Å². The summed E-state index contributed by atoms with van der Waals surface area (Å²) in [6.45, 7) is 5.96. The number of nitrogens with two attached hydrogens (primary N) is 1. The molecule has 0 aromatic heterocycles. The minimum atomic E-state index is -0.357. The maximum atomic E-state index is 12.7. The molecule has 0 saturated heterocycles. The fourth-order valence-electron chi connectivity index (χ4n) is 1.19. The Balaban J connectivity index is 0.00000361. The standard InChI is InChI=1S/C13H17FN4O.HI/c1-9(2)7-16-13(15)17-8-12(19)18-11-5-3-10(14)4-6-11;/h3-6H,1,7-8H2,2H3,(H,18,19)(H3,15,16,17);1H. The topological polar surface area (TPSA) is 79.5 Å². The summed E-state index contributed by atoms with van der Waals surface area (Å²) in [7, 11) is 0. The van der Waals surface area contributed by atoms with E-state index in [0.29, 0.717) is 12.2 Å². The molecule has 5 nitrogen and oxygen atoms in total. The van der Waals surface area contributed by atoms with E-state index in [2.05, 4.69) is 22.2 Å². The van der Waals surface area contributed by atoms with Gasteiger partial charge in [0.1, 0.15) is 12.4 Å². The average Bonchev–Trinajstić information content (AvgIpc) is 2.36. The van der Waals surface area contributed by atoms with Gasteiger partial charge in [-0.15, -0.1) is 24.0 Å². The number of anilines is 1. The molecule has 0 heterocycles. The summed E-state index contributed by atoms with van der Waals surface area (Å²) in [5, 5.41) is 5.38. The number of rotatable bonds is 5. The lowest BCUT2D eigenvalue weighted by Crippen LogP contribution is -2.33. The molecule has 0 bridgehead atoms. The minimum Gasteiger partial charge on any atom is -0.370 e. The van der Waals surface area contributed by atoms with E-state index in [1.54, 1.807) is 0 Å². The van der Waals surface area contributed by atoms with Crippen LogP contribution in [0.4, 0.5) is 10.1 Å². The first-order valence-corrected chi connectivity index (χ1v) is 5.71. The lowest BCUT2D eigenvalue weighted by molar-refractivity contribution is -0.114. The van der Waals surface area contributed by atoms with Gasteiger partial charge >= 0.3 is 0 Å². The van der Waals surface area contributed by atoms with Crippen molar-refractivity contribution < 1.29 is 9.18 Å². The third-order valence-electron chi connectivity index (χ3n) is 2.09. The highest BCUT2D eigenvalue weighted by molar-refractivity contribution is 14.0. The Hall–Kier alpha value is -1.64. The average molecular weight is 392 g/mol. The van der Waals surface area contributed by atoms with Gasteiger partial charge in [0.15, 0.2) is 5.96 Å². The number of nitrogens with zero attached hydrogens (tertiary/aromatic N) is 1. The summed E-state index contributed by atoms with van der Waals surface area (Å²) in [4.78, 5) is 15.4. The van der Waals surface area contributed by atoms with Crippen LogP contribution in [0.2, 0.25) is 0 Å². The smallest absolute Gasteiger partial charge is 0.246 e. The number of hydrogen-bond donors (Lipinski definition) is 3. The van der Waals surface area contributed by atoms with Gasteiger partial charge in [-0.05, 0) is 31.2 Å². The van der Waals surface area contributed by atoms with Crippen LogP contribution in [0.5, 0.6) is 0 Å². The van der Waals surface area contributed by atoms with Gasteiger partial charge in [0.05, 0.1) is 0 Å². The molecule has 0 fully saturated rings. The highest BCUT2D eigenvalue weighted by atomic mass is 127. The molecule has 0 aliphatic carbocycles. The summed E-state index contributed by atoms with van der Waals surface area (Å²) in [5.74, 6) is -0.506. The number of carbonyl (C=O) groups excluding carboxylic acids is 1. The SMILES string of the molecule is C=C(C)CNC(N)=NCC(=O)Nc1ccc(F)cc1.I. The van der Waals surface area contributed by atoms with Crippen LogP contribution in [0.25, 0.3) is 0 Å². The number of amides is 1. The summed E-state index contributed by atoms with van der Waals surface area (Å²) < 4.78 is 12.7. The van der Waals surface area contributed by atoms with E-state index in [1.165, 1.54) is 24.3 Å². The lowest BCUT2D eigenvalue weighted by Gasteiger charge is -2.05. The van der Waals surface area contributed by atoms with Crippen LogP contribution in [0, 0.1) is 5.82 Å². The normalized spacial score (nSPS) is 10.4. The van der Waals surface area contributed by atoms with E-state index in [0.717, 1.165) is 5.57 Å². The summed E-state index contributed by atoms with van der Waals surface area (Å²) in [6.07, 6.45) is 0. The van der Waals surface area contributed by atoms with Crippen LogP contribution in [0.3, 0.4) is 0 Å². The van der Waals surface area contributed by atoms with Gasteiger partial charge in [0.2, 0.25) is 5.91 Å². The first kappa shape index (κ1) is 18.4. The van der Waals surface area contributed by atoms with E-state index in [-0.39, 0.29) is 48.2 Å². The third-order valence-corrected chi connectivity index (χ3v) is 2.09. The first-order valence-electron chi connectivity index (χ1n) is 5.71. The zero-order valence-corrected chi connectivity index (χ0v) is 13.5. The van der Waals surface area contributed by atoms with Crippen molar-refractivity contribution in [2.75, 3.05) is 18.4 Å². The van der Waals surface area contributed by atoms with Gasteiger partial charge in [-0.25, -0.2) is 9.38 Å². The summed E-state index contributed by atoms with van der Waals surface area (Å²) >= 11 is 0. The zero-order valence-electron chi connectivity index (χ0n) is 11.1. The van der Waals surface area contributed by atoms with Gasteiger partial charge in [0.25, 0.3) is 0 Å². The molecule has 110 valence electrons. The zero-order chi connectivity index (χ0) is 14.3. The second-order valence-electron chi connectivity index (χ2n) is 4.07. The van der Waals surface area contributed by atoms with Gasteiger partial charge in [0, 0.05) is 12.2 Å². The molecule has 1 rings (SSSR count). The van der Waals surface area contributed by atoms with E-state index < -0.39 is 0 Å². The molecular formula is C13H18FIN4O. The molecule has 0 atom stereocenters. The highest BCUT2D eigenvalue weighted by Crippen LogP contribution is 2.07. The number of halogens is 2. The van der Waals surface area contributed by atoms with Crippen molar-refractivity contribution in [2.24, 2.45) is 10.7 Å². The predicted molar refractivity (Wildman–Crippen MR) is 89.8 cm³/mol. The van der Waals surface area contributed by atoms with Crippen molar-refractivity contribution in [2.45, 2.75) is 6.92 Å². The van der Waals surface area contributed by atoms with E-state index in [4.69, 9.17) is 5.73 Å². The molecule has 0 saturated carbocycles. The van der Waals surface area contributed by atoms with E-state index >= 15 is 0 Å². The Morgan fingerprint density at radius 1 is 1.40 bits per heavy atom. The maximum absolute atomic E-state index is 12.7. The Morgan fingerprint density at radius 3 is 2.55 bits per heavy atom. The number of aliphatic imine (C=N–C) groups is 1. The second kappa shape index (κ2) is 9.29. The quantitative estimate of drug-likeness (QED) is 0.310. The number of carbonyl (C=O) groups is 1. The largest absolute Gasteiger partial charge is 0.370 e. The Morgan fingerprint density at radius 2 is 2.00 bits per heavy atom. The maximum Gasteiger partial charge on any atom is 0.246 e. The van der Waals surface area contributed by atoms with Crippen molar-refractivity contribution in [1.82, 2.24) is 5.32 Å². The molecular weight excluding hydrogens is 374 g/mol. The summed E-state index contributed by atoms with van der Waals surface area (Å²) in [5.41, 5.74) is 6.97. The van der Waals surface area contributed by atoms with E-state index in [1.807, 2.05) is 6.92 Å². The fourth-order valence-corrected chi connectivity index (χ4v) is 1.19. The Kier molecular flexibility index (Phi) is 8.53. The molecule has 1 aromatic carbocycles. The molecule has 0 aliphatic rings. The van der Waals surface area contributed by atoms with Gasteiger partial charge in [-0.1, -0.05) is 12.2 Å². The third kappa shape index (κ3) is 7.72. The molecule has 1 aromatic rings. The monoisotopic (exact) mass is 392 g/mol. The number of nitrogens with one attached hydrogen (secondary N) is 2. The molecule has 0 spiro atoms. The Labute approximate surface area is 134 Å². The molecule has 0 radical (unpaired) electrons. The molecule has 0 aliphatic heterocycles. The van der Waals surface area contributed by atoms with Crippen LogP contribution in [0.1, 0.15) is 6.92 Å². The van der Waals surface area contributed by atoms with Gasteiger partial charge in [-0.2, -0.15) is 0 Å².